The van der Waals surface area contributed by atoms with E-state index in [4.69, 9.17) is 9.47 Å². The molecule has 0 aliphatic carbocycles. The number of anilines is 1. The van der Waals surface area contributed by atoms with Gasteiger partial charge in [-0.25, -0.2) is 5.43 Å². The van der Waals surface area contributed by atoms with Gasteiger partial charge in [0.25, 0.3) is 5.69 Å². The minimum Gasteiger partial charge on any atom is -0.493 e. The highest BCUT2D eigenvalue weighted by Crippen LogP contribution is 2.27. The van der Waals surface area contributed by atoms with Gasteiger partial charge < -0.3 is 14.8 Å². The Morgan fingerprint density at radius 3 is 2.47 bits per heavy atom. The normalized spacial score (nSPS) is 10.8. The predicted molar refractivity (Wildman–Crippen MR) is 111 cm³/mol. The summed E-state index contributed by atoms with van der Waals surface area (Å²) in [6.07, 6.45) is -0.0175. The third kappa shape index (κ3) is 6.59. The maximum Gasteiger partial charge on any atom is 0.271 e. The third-order valence-corrected chi connectivity index (χ3v) is 3.94. The summed E-state index contributed by atoms with van der Waals surface area (Å²) in [7, 11) is 3.03. The van der Waals surface area contributed by atoms with Crippen LogP contribution in [-0.4, -0.2) is 36.7 Å². The quantitative estimate of drug-likeness (QED) is 0.368. The minimum atomic E-state index is -0.545. The lowest BCUT2D eigenvalue weighted by Gasteiger charge is -2.09. The van der Waals surface area contributed by atoms with Crippen molar-refractivity contribution >= 4 is 28.9 Å². The number of rotatable bonds is 9. The lowest BCUT2D eigenvalue weighted by molar-refractivity contribution is -0.384. The number of hydrazone groups is 1. The molecule has 0 fully saturated rings. The van der Waals surface area contributed by atoms with Gasteiger partial charge in [0.15, 0.2) is 11.5 Å². The van der Waals surface area contributed by atoms with E-state index in [1.165, 1.54) is 32.4 Å². The molecule has 0 aromatic heterocycles. The van der Waals surface area contributed by atoms with E-state index in [1.54, 1.807) is 31.2 Å². The van der Waals surface area contributed by atoms with Crippen LogP contribution in [-0.2, 0) is 16.0 Å². The number of hydrogen-bond acceptors (Lipinski definition) is 7. The summed E-state index contributed by atoms with van der Waals surface area (Å²) in [4.78, 5) is 34.4. The molecule has 2 N–H and O–H groups in total. The Bertz CT molecular complexity index is 974. The van der Waals surface area contributed by atoms with Gasteiger partial charge in [0.05, 0.1) is 32.0 Å². The number of nitrogens with zero attached hydrogens (tertiary/aromatic N) is 2. The number of non-ortho nitro benzene ring substituents is 1. The predicted octanol–water partition coefficient (Wildman–Crippen LogP) is 2.68. The average Bonchev–Trinajstić information content (AvgIpc) is 2.72. The molecule has 0 spiro atoms. The Labute approximate surface area is 173 Å². The van der Waals surface area contributed by atoms with Crippen molar-refractivity contribution in [3.8, 4) is 11.5 Å². The number of nitro benzene ring substituents is 1. The molecule has 0 bridgehead atoms. The summed E-state index contributed by atoms with van der Waals surface area (Å²) < 4.78 is 10.4. The number of methoxy groups -OCH3 is 2. The van der Waals surface area contributed by atoms with E-state index in [-0.39, 0.29) is 24.4 Å². The van der Waals surface area contributed by atoms with Crippen LogP contribution in [0.5, 0.6) is 11.5 Å². The first-order valence-corrected chi connectivity index (χ1v) is 8.89. The van der Waals surface area contributed by atoms with Crippen molar-refractivity contribution in [3.63, 3.8) is 0 Å². The number of carbonyl (C=O) groups excluding carboxylic acids is 2. The van der Waals surface area contributed by atoms with Crippen LogP contribution in [0.25, 0.3) is 0 Å². The van der Waals surface area contributed by atoms with Crippen molar-refractivity contribution in [2.24, 2.45) is 5.10 Å². The smallest absolute Gasteiger partial charge is 0.271 e. The lowest BCUT2D eigenvalue weighted by Crippen LogP contribution is -2.23. The van der Waals surface area contributed by atoms with Crippen LogP contribution in [0.15, 0.2) is 47.6 Å². The van der Waals surface area contributed by atoms with Gasteiger partial charge in [0, 0.05) is 23.5 Å². The highest BCUT2D eigenvalue weighted by Gasteiger charge is 2.11. The third-order valence-electron chi connectivity index (χ3n) is 3.94. The van der Waals surface area contributed by atoms with Crippen molar-refractivity contribution in [2.75, 3.05) is 19.5 Å². The van der Waals surface area contributed by atoms with E-state index in [0.29, 0.717) is 28.5 Å². The van der Waals surface area contributed by atoms with Crippen LogP contribution in [0.1, 0.15) is 18.9 Å². The monoisotopic (exact) mass is 414 g/mol. The molecule has 30 heavy (non-hydrogen) atoms. The van der Waals surface area contributed by atoms with Gasteiger partial charge in [0.1, 0.15) is 0 Å². The van der Waals surface area contributed by atoms with Gasteiger partial charge in [-0.2, -0.15) is 5.10 Å². The Balaban J connectivity index is 1.88. The fourth-order valence-electron chi connectivity index (χ4n) is 2.55. The largest absolute Gasteiger partial charge is 0.493 e. The van der Waals surface area contributed by atoms with Crippen molar-refractivity contribution in [1.82, 2.24) is 5.43 Å². The van der Waals surface area contributed by atoms with E-state index in [9.17, 15) is 19.7 Å². The first kappa shape index (κ1) is 22.3. The molecule has 0 saturated carbocycles. The minimum absolute atomic E-state index is 0.0665. The second-order valence-electron chi connectivity index (χ2n) is 6.28. The van der Waals surface area contributed by atoms with Crippen molar-refractivity contribution in [1.29, 1.82) is 0 Å². The summed E-state index contributed by atoms with van der Waals surface area (Å²) in [6.45, 7) is 1.59. The van der Waals surface area contributed by atoms with Gasteiger partial charge in [-0.15, -0.1) is 0 Å². The number of nitrogens with one attached hydrogen (secondary N) is 2. The summed E-state index contributed by atoms with van der Waals surface area (Å²) in [5.74, 6) is 0.303. The molecular weight excluding hydrogens is 392 g/mol. The van der Waals surface area contributed by atoms with Crippen LogP contribution < -0.4 is 20.2 Å². The Morgan fingerprint density at radius 2 is 1.80 bits per heavy atom. The SMILES string of the molecule is COc1ccc(CC(=O)NN=C(C)CC(=O)Nc2cccc([N+](=O)[O-])c2)cc1OC. The lowest BCUT2D eigenvalue weighted by atomic mass is 10.1. The number of benzene rings is 2. The van der Waals surface area contributed by atoms with Gasteiger partial charge in [-0.1, -0.05) is 12.1 Å². The molecule has 2 aromatic carbocycles. The zero-order chi connectivity index (χ0) is 22.1. The highest BCUT2D eigenvalue weighted by atomic mass is 16.6. The Hall–Kier alpha value is -3.95. The van der Waals surface area contributed by atoms with Crippen molar-refractivity contribution in [2.45, 2.75) is 19.8 Å². The molecular formula is C20H22N4O6. The molecule has 0 heterocycles. The van der Waals surface area contributed by atoms with Crippen molar-refractivity contribution in [3.05, 3.63) is 58.1 Å². The van der Waals surface area contributed by atoms with E-state index in [0.717, 1.165) is 0 Å². The highest BCUT2D eigenvalue weighted by molar-refractivity contribution is 6.05. The van der Waals surface area contributed by atoms with Crippen LogP contribution in [0.3, 0.4) is 0 Å². The summed E-state index contributed by atoms with van der Waals surface area (Å²) in [6, 6.07) is 10.7. The zero-order valence-corrected chi connectivity index (χ0v) is 16.8. The first-order chi connectivity index (χ1) is 14.3. The van der Waals surface area contributed by atoms with Crippen LogP contribution in [0.2, 0.25) is 0 Å². The number of carbonyl (C=O) groups is 2. The Kier molecular flexibility index (Phi) is 7.86. The van der Waals surface area contributed by atoms with Crippen LogP contribution in [0, 0.1) is 10.1 Å². The Morgan fingerprint density at radius 1 is 1.07 bits per heavy atom. The number of ether oxygens (including phenoxy) is 2. The van der Waals surface area contributed by atoms with Crippen LogP contribution >= 0.6 is 0 Å². The van der Waals surface area contributed by atoms with Gasteiger partial charge >= 0.3 is 0 Å². The molecule has 2 amide bonds. The van der Waals surface area contributed by atoms with Gasteiger partial charge in [-0.05, 0) is 30.7 Å². The maximum absolute atomic E-state index is 12.1. The molecule has 2 aromatic rings. The van der Waals surface area contributed by atoms with Crippen molar-refractivity contribution < 1.29 is 24.0 Å². The molecule has 0 saturated heterocycles. The summed E-state index contributed by atoms with van der Waals surface area (Å²) in [5.41, 5.74) is 3.66. The summed E-state index contributed by atoms with van der Waals surface area (Å²) >= 11 is 0. The number of hydrogen-bond donors (Lipinski definition) is 2. The molecule has 0 radical (unpaired) electrons. The topological polar surface area (TPSA) is 132 Å². The maximum atomic E-state index is 12.1. The van der Waals surface area contributed by atoms with Gasteiger partial charge in [-0.3, -0.25) is 19.7 Å². The summed E-state index contributed by atoms with van der Waals surface area (Å²) in [5, 5.41) is 17.3. The molecule has 0 aliphatic heterocycles. The molecule has 0 atom stereocenters. The average molecular weight is 414 g/mol. The van der Waals surface area contributed by atoms with Gasteiger partial charge in [0.2, 0.25) is 11.8 Å². The fraction of sp³-hybridized carbons (Fsp3) is 0.250. The first-order valence-electron chi connectivity index (χ1n) is 8.89. The second-order valence-corrected chi connectivity index (χ2v) is 6.28. The molecule has 2 rings (SSSR count). The fourth-order valence-corrected chi connectivity index (χ4v) is 2.55. The molecule has 0 aliphatic rings. The number of nitro groups is 1. The standard InChI is InChI=1S/C20H22N4O6/c1-13(9-19(25)21-15-5-4-6-16(12-15)24(27)28)22-23-20(26)11-14-7-8-17(29-2)18(10-14)30-3/h4-8,10,12H,9,11H2,1-3H3,(H,21,25)(H,23,26). The number of amides is 2. The zero-order valence-electron chi connectivity index (χ0n) is 16.8. The van der Waals surface area contributed by atoms with E-state index in [2.05, 4.69) is 15.8 Å². The van der Waals surface area contributed by atoms with E-state index < -0.39 is 10.8 Å². The van der Waals surface area contributed by atoms with E-state index >= 15 is 0 Å². The molecule has 10 heteroatoms. The van der Waals surface area contributed by atoms with E-state index in [1.807, 2.05) is 0 Å². The van der Waals surface area contributed by atoms with Crippen LogP contribution in [0.4, 0.5) is 11.4 Å². The molecule has 0 unspecified atom stereocenters. The molecule has 158 valence electrons. The molecule has 10 nitrogen and oxygen atoms in total. The second kappa shape index (κ2) is 10.6.